The number of nitrogens with one attached hydrogen (secondary N) is 2. The van der Waals surface area contributed by atoms with Crippen molar-refractivity contribution in [3.8, 4) is 5.75 Å². The number of carbonyl (C=O) groups is 2. The Morgan fingerprint density at radius 2 is 1.64 bits per heavy atom. The van der Waals surface area contributed by atoms with Crippen LogP contribution in [-0.2, 0) is 16.0 Å². The number of ether oxygens (including phenoxy) is 1. The molecule has 0 unspecified atom stereocenters. The molecule has 0 aliphatic heterocycles. The normalized spacial score (nSPS) is 11.8. The van der Waals surface area contributed by atoms with Crippen LogP contribution >= 0.6 is 21.6 Å². The van der Waals surface area contributed by atoms with E-state index < -0.39 is 17.6 Å². The number of oxime groups is 1. The van der Waals surface area contributed by atoms with Crippen molar-refractivity contribution in [2.45, 2.75) is 32.8 Å². The van der Waals surface area contributed by atoms with Gasteiger partial charge < -0.3 is 25.7 Å². The summed E-state index contributed by atoms with van der Waals surface area (Å²) in [6.07, 6.45) is -0.268. The molecule has 0 heterocycles. The van der Waals surface area contributed by atoms with Crippen molar-refractivity contribution < 1.29 is 24.6 Å². The quantitative estimate of drug-likeness (QED) is 0.148. The van der Waals surface area contributed by atoms with Crippen molar-refractivity contribution in [2.24, 2.45) is 5.16 Å². The first-order chi connectivity index (χ1) is 13.2. The fourth-order valence-corrected chi connectivity index (χ4v) is 3.72. The van der Waals surface area contributed by atoms with Gasteiger partial charge in [-0.1, -0.05) is 38.9 Å². The zero-order chi connectivity index (χ0) is 21.0. The van der Waals surface area contributed by atoms with Gasteiger partial charge >= 0.3 is 6.09 Å². The third-order valence-corrected chi connectivity index (χ3v) is 5.51. The minimum Gasteiger partial charge on any atom is -0.508 e. The lowest BCUT2D eigenvalue weighted by Gasteiger charge is -2.19. The molecule has 2 amide bonds. The number of amides is 2. The smallest absolute Gasteiger partial charge is 0.407 e. The number of rotatable bonds is 10. The van der Waals surface area contributed by atoms with Crippen LogP contribution in [0.1, 0.15) is 26.3 Å². The van der Waals surface area contributed by atoms with Crippen LogP contribution in [0.15, 0.2) is 29.4 Å². The molecule has 0 atom stereocenters. The average molecular weight is 430 g/mol. The van der Waals surface area contributed by atoms with Crippen molar-refractivity contribution in [1.29, 1.82) is 0 Å². The standard InChI is InChI=1S/C18H27N3O5S2/c1-18(2,3)26-17(24)20-9-11-28-27-10-8-19-16(23)15(21-25)12-13-4-6-14(22)7-5-13/h4-7,22,25H,8-12H2,1-3H3,(H,19,23)(H,20,24)/b21-15+. The van der Waals surface area contributed by atoms with E-state index in [1.807, 2.05) is 20.8 Å². The predicted octanol–water partition coefficient (Wildman–Crippen LogP) is 2.79. The fraction of sp³-hybridized carbons (Fsp3) is 0.500. The van der Waals surface area contributed by atoms with E-state index in [0.717, 1.165) is 5.56 Å². The van der Waals surface area contributed by atoms with Crippen molar-refractivity contribution in [2.75, 3.05) is 24.6 Å². The lowest BCUT2D eigenvalue weighted by Crippen LogP contribution is -2.34. The molecule has 4 N–H and O–H groups in total. The monoisotopic (exact) mass is 429 g/mol. The maximum atomic E-state index is 12.0. The molecule has 0 aliphatic rings. The highest BCUT2D eigenvalue weighted by Crippen LogP contribution is 2.19. The van der Waals surface area contributed by atoms with Gasteiger partial charge in [0.2, 0.25) is 0 Å². The summed E-state index contributed by atoms with van der Waals surface area (Å²) in [6.45, 7) is 6.34. The SMILES string of the molecule is CC(C)(C)OC(=O)NCCSSCCNC(=O)/C(Cc1ccc(O)cc1)=N/O. The molecule has 0 bridgehead atoms. The number of carbonyl (C=O) groups excluding carboxylic acids is 2. The van der Waals surface area contributed by atoms with Gasteiger partial charge in [0.1, 0.15) is 17.1 Å². The molecule has 10 heteroatoms. The number of nitrogens with zero attached hydrogens (tertiary/aromatic N) is 1. The molecule has 0 fully saturated rings. The third-order valence-electron chi connectivity index (χ3n) is 3.10. The van der Waals surface area contributed by atoms with E-state index in [9.17, 15) is 14.7 Å². The maximum Gasteiger partial charge on any atom is 0.407 e. The topological polar surface area (TPSA) is 120 Å². The number of benzene rings is 1. The summed E-state index contributed by atoms with van der Waals surface area (Å²) in [6, 6.07) is 6.33. The van der Waals surface area contributed by atoms with Gasteiger partial charge in [0.05, 0.1) is 0 Å². The number of phenols is 1. The minimum atomic E-state index is -0.511. The lowest BCUT2D eigenvalue weighted by atomic mass is 10.1. The van der Waals surface area contributed by atoms with E-state index in [1.54, 1.807) is 33.7 Å². The molecule has 0 aromatic heterocycles. The van der Waals surface area contributed by atoms with Crippen LogP contribution in [0.5, 0.6) is 5.75 Å². The van der Waals surface area contributed by atoms with E-state index in [1.165, 1.54) is 12.1 Å². The Bertz CT molecular complexity index is 660. The first kappa shape index (κ1) is 24.0. The van der Waals surface area contributed by atoms with Gasteiger partial charge in [0.15, 0.2) is 0 Å². The van der Waals surface area contributed by atoms with Gasteiger partial charge in [-0.2, -0.15) is 0 Å². The van der Waals surface area contributed by atoms with Crippen molar-refractivity contribution in [3.05, 3.63) is 29.8 Å². The maximum absolute atomic E-state index is 12.0. The number of hydrogen-bond donors (Lipinski definition) is 4. The molecule has 1 aromatic carbocycles. The Hall–Kier alpha value is -2.07. The van der Waals surface area contributed by atoms with Crippen LogP contribution in [0.3, 0.4) is 0 Å². The molecule has 8 nitrogen and oxygen atoms in total. The highest BCUT2D eigenvalue weighted by atomic mass is 33.1. The Balaban J connectivity index is 2.14. The predicted molar refractivity (Wildman–Crippen MR) is 113 cm³/mol. The summed E-state index contributed by atoms with van der Waals surface area (Å²) in [5.41, 5.74) is 0.247. The zero-order valence-electron chi connectivity index (χ0n) is 16.2. The van der Waals surface area contributed by atoms with Crippen LogP contribution in [0.2, 0.25) is 0 Å². The second-order valence-corrected chi connectivity index (χ2v) is 9.42. The lowest BCUT2D eigenvalue weighted by molar-refractivity contribution is -0.114. The van der Waals surface area contributed by atoms with E-state index in [0.29, 0.717) is 24.6 Å². The number of alkyl carbamates (subject to hydrolysis) is 1. The first-order valence-electron chi connectivity index (χ1n) is 8.69. The molecular weight excluding hydrogens is 402 g/mol. The molecule has 0 saturated heterocycles. The Morgan fingerprint density at radius 3 is 2.18 bits per heavy atom. The molecule has 0 radical (unpaired) electrons. The van der Waals surface area contributed by atoms with Gasteiger partial charge in [-0.05, 0) is 38.5 Å². The second-order valence-electron chi connectivity index (χ2n) is 6.72. The molecule has 1 aromatic rings. The summed E-state index contributed by atoms with van der Waals surface area (Å²) in [5.74, 6) is 1.07. The van der Waals surface area contributed by atoms with Gasteiger partial charge in [0.25, 0.3) is 5.91 Å². The van der Waals surface area contributed by atoms with Crippen LogP contribution in [0.25, 0.3) is 0 Å². The Labute approximate surface area is 172 Å². The second kappa shape index (κ2) is 12.4. The molecule has 28 heavy (non-hydrogen) atoms. The molecular formula is C18H27N3O5S2. The highest BCUT2D eigenvalue weighted by molar-refractivity contribution is 8.76. The summed E-state index contributed by atoms with van der Waals surface area (Å²) in [4.78, 5) is 23.5. The first-order valence-corrected chi connectivity index (χ1v) is 11.2. The number of phenolic OH excluding ortho intramolecular Hbond substituents is 1. The van der Waals surface area contributed by atoms with Crippen molar-refractivity contribution >= 4 is 39.3 Å². The average Bonchev–Trinajstić information content (AvgIpc) is 2.61. The number of hydrogen-bond acceptors (Lipinski definition) is 8. The minimum absolute atomic E-state index is 0.00454. The molecule has 0 spiro atoms. The third kappa shape index (κ3) is 10.9. The van der Waals surface area contributed by atoms with Crippen LogP contribution < -0.4 is 10.6 Å². The van der Waals surface area contributed by atoms with Crippen LogP contribution in [0, 0.1) is 0 Å². The largest absolute Gasteiger partial charge is 0.508 e. The van der Waals surface area contributed by atoms with E-state index in [-0.39, 0.29) is 17.9 Å². The molecule has 0 aliphatic carbocycles. The van der Waals surface area contributed by atoms with Crippen molar-refractivity contribution in [3.63, 3.8) is 0 Å². The van der Waals surface area contributed by atoms with Gasteiger partial charge in [0, 0.05) is 31.0 Å². The van der Waals surface area contributed by atoms with E-state index >= 15 is 0 Å². The number of aromatic hydroxyl groups is 1. The van der Waals surface area contributed by atoms with Gasteiger partial charge in [-0.15, -0.1) is 0 Å². The molecule has 0 saturated carbocycles. The summed E-state index contributed by atoms with van der Waals surface area (Å²) < 4.78 is 5.13. The van der Waals surface area contributed by atoms with Gasteiger partial charge in [-0.25, -0.2) is 4.79 Å². The van der Waals surface area contributed by atoms with Crippen molar-refractivity contribution in [1.82, 2.24) is 10.6 Å². The zero-order valence-corrected chi connectivity index (χ0v) is 17.9. The van der Waals surface area contributed by atoms with E-state index in [4.69, 9.17) is 9.94 Å². The Morgan fingerprint density at radius 1 is 1.07 bits per heavy atom. The van der Waals surface area contributed by atoms with Crippen LogP contribution in [0.4, 0.5) is 4.79 Å². The van der Waals surface area contributed by atoms with E-state index in [2.05, 4.69) is 15.8 Å². The highest BCUT2D eigenvalue weighted by Gasteiger charge is 2.15. The molecule has 1 rings (SSSR count). The molecule has 156 valence electrons. The van der Waals surface area contributed by atoms with Gasteiger partial charge in [-0.3, -0.25) is 4.79 Å². The summed E-state index contributed by atoms with van der Waals surface area (Å²) in [5, 5.41) is 26.7. The fourth-order valence-electron chi connectivity index (χ4n) is 1.90. The summed E-state index contributed by atoms with van der Waals surface area (Å²) in [7, 11) is 3.14. The Kier molecular flexibility index (Phi) is 10.6. The van der Waals surface area contributed by atoms with Crippen LogP contribution in [-0.4, -0.2) is 58.2 Å². The summed E-state index contributed by atoms with van der Waals surface area (Å²) >= 11 is 0.